The molecule has 11 heteroatoms. The van der Waals surface area contributed by atoms with E-state index in [9.17, 15) is 12.8 Å². The highest BCUT2D eigenvalue weighted by Crippen LogP contribution is 2.23. The molecule has 0 aliphatic heterocycles. The predicted molar refractivity (Wildman–Crippen MR) is 128 cm³/mol. The van der Waals surface area contributed by atoms with Gasteiger partial charge in [-0.1, -0.05) is 18.2 Å². The first kappa shape index (κ1) is 23.3. The van der Waals surface area contributed by atoms with Crippen LogP contribution in [0.2, 0.25) is 0 Å². The van der Waals surface area contributed by atoms with E-state index >= 15 is 0 Å². The molecule has 0 saturated carbocycles. The maximum absolute atomic E-state index is 14.3. The van der Waals surface area contributed by atoms with Gasteiger partial charge in [0.05, 0.1) is 17.4 Å². The third-order valence-corrected chi connectivity index (χ3v) is 6.75. The van der Waals surface area contributed by atoms with Crippen LogP contribution in [0.3, 0.4) is 0 Å². The van der Waals surface area contributed by atoms with Gasteiger partial charge in [0.25, 0.3) is 0 Å². The summed E-state index contributed by atoms with van der Waals surface area (Å²) in [6.45, 7) is 2.17. The summed E-state index contributed by atoms with van der Waals surface area (Å²) in [5.41, 5.74) is 3.16. The maximum atomic E-state index is 14.3. The summed E-state index contributed by atoms with van der Waals surface area (Å²) in [5, 5.41) is 5.93. The lowest BCUT2D eigenvalue weighted by atomic mass is 10.1. The number of anilines is 3. The minimum absolute atomic E-state index is 0.0581. The lowest BCUT2D eigenvalue weighted by Gasteiger charge is -2.12. The minimum atomic E-state index is -3.62. The molecule has 0 radical (unpaired) electrons. The molecule has 34 heavy (non-hydrogen) atoms. The normalized spacial score (nSPS) is 11.4. The number of sulfonamides is 1. The first-order valence-corrected chi connectivity index (χ1v) is 12.0. The first-order valence-electron chi connectivity index (χ1n) is 10.5. The number of aryl methyl sites for hydroxylation is 1. The van der Waals surface area contributed by atoms with Crippen molar-refractivity contribution in [3.8, 4) is 5.69 Å². The van der Waals surface area contributed by atoms with Crippen LogP contribution in [0, 0.1) is 12.7 Å². The van der Waals surface area contributed by atoms with E-state index in [1.54, 1.807) is 31.6 Å². The molecular weight excluding hydrogens is 457 g/mol. The number of hydrogen-bond donors (Lipinski definition) is 3. The molecule has 0 saturated heterocycles. The van der Waals surface area contributed by atoms with Crippen LogP contribution in [0.4, 0.5) is 21.8 Å². The Morgan fingerprint density at radius 2 is 1.91 bits per heavy atom. The van der Waals surface area contributed by atoms with Gasteiger partial charge < -0.3 is 15.2 Å². The van der Waals surface area contributed by atoms with Crippen LogP contribution in [-0.2, 0) is 16.4 Å². The van der Waals surface area contributed by atoms with Gasteiger partial charge >= 0.3 is 0 Å². The largest absolute Gasteiger partial charge is 0.367 e. The summed E-state index contributed by atoms with van der Waals surface area (Å²) in [7, 11) is -2.27. The lowest BCUT2D eigenvalue weighted by molar-refractivity contribution is 0.587. The van der Waals surface area contributed by atoms with Gasteiger partial charge in [0.15, 0.2) is 11.6 Å². The zero-order valence-electron chi connectivity index (χ0n) is 18.7. The maximum Gasteiger partial charge on any atom is 0.240 e. The molecule has 2 heterocycles. The molecule has 4 aromatic rings. The Kier molecular flexibility index (Phi) is 6.85. The van der Waals surface area contributed by atoms with Gasteiger partial charge in [0.1, 0.15) is 0 Å². The van der Waals surface area contributed by atoms with Crippen molar-refractivity contribution in [3.63, 3.8) is 0 Å². The Hall–Kier alpha value is -3.83. The fourth-order valence-corrected chi connectivity index (χ4v) is 4.32. The SMILES string of the molecule is CNS(=O)(=O)c1cc(Nc2ncc(F)c(NCCc3ccc(-n4ccnc4)cc3)n2)ccc1C. The number of benzene rings is 2. The molecule has 9 nitrogen and oxygen atoms in total. The van der Waals surface area contributed by atoms with E-state index in [1.807, 2.05) is 35.0 Å². The molecule has 0 bridgehead atoms. The number of nitrogens with zero attached hydrogens (tertiary/aromatic N) is 4. The molecule has 0 aliphatic rings. The van der Waals surface area contributed by atoms with Crippen LogP contribution in [0.15, 0.2) is 72.3 Å². The number of halogens is 1. The minimum Gasteiger partial charge on any atom is -0.367 e. The van der Waals surface area contributed by atoms with Gasteiger partial charge in [-0.2, -0.15) is 4.98 Å². The Balaban J connectivity index is 1.41. The molecule has 176 valence electrons. The van der Waals surface area contributed by atoms with Gasteiger partial charge in [-0.15, -0.1) is 0 Å². The second kappa shape index (κ2) is 9.98. The summed E-state index contributed by atoms with van der Waals surface area (Å²) < 4.78 is 42.9. The van der Waals surface area contributed by atoms with Crippen LogP contribution in [0.1, 0.15) is 11.1 Å². The van der Waals surface area contributed by atoms with Crippen molar-refractivity contribution < 1.29 is 12.8 Å². The van der Waals surface area contributed by atoms with E-state index in [0.717, 1.165) is 17.4 Å². The highest BCUT2D eigenvalue weighted by atomic mass is 32.2. The molecule has 4 rings (SSSR count). The Morgan fingerprint density at radius 1 is 1.12 bits per heavy atom. The summed E-state index contributed by atoms with van der Waals surface area (Å²) in [6, 6.07) is 12.9. The lowest BCUT2D eigenvalue weighted by Crippen LogP contribution is -2.19. The summed E-state index contributed by atoms with van der Waals surface area (Å²) in [6.07, 6.45) is 7.06. The Morgan fingerprint density at radius 3 is 2.62 bits per heavy atom. The predicted octanol–water partition coefficient (Wildman–Crippen LogP) is 3.42. The van der Waals surface area contributed by atoms with Crippen molar-refractivity contribution in [1.82, 2.24) is 24.2 Å². The number of rotatable bonds is 9. The molecule has 0 unspecified atom stereocenters. The van der Waals surface area contributed by atoms with Crippen LogP contribution in [0.5, 0.6) is 0 Å². The summed E-state index contributed by atoms with van der Waals surface area (Å²) in [4.78, 5) is 12.3. The summed E-state index contributed by atoms with van der Waals surface area (Å²) >= 11 is 0. The van der Waals surface area contributed by atoms with Crippen LogP contribution in [-0.4, -0.2) is 41.5 Å². The highest BCUT2D eigenvalue weighted by molar-refractivity contribution is 7.89. The van der Waals surface area contributed by atoms with Crippen molar-refractivity contribution in [3.05, 3.63) is 84.3 Å². The van der Waals surface area contributed by atoms with Crippen molar-refractivity contribution in [2.24, 2.45) is 0 Å². The van der Waals surface area contributed by atoms with Crippen LogP contribution in [0.25, 0.3) is 5.69 Å². The number of imidazole rings is 1. The monoisotopic (exact) mass is 481 g/mol. The van der Waals surface area contributed by atoms with Gasteiger partial charge in [-0.3, -0.25) is 0 Å². The molecular formula is C23H24FN7O2S. The molecule has 0 aliphatic carbocycles. The second-order valence-electron chi connectivity index (χ2n) is 7.52. The molecule has 0 atom stereocenters. The van der Waals surface area contributed by atoms with E-state index in [1.165, 1.54) is 13.1 Å². The van der Waals surface area contributed by atoms with Gasteiger partial charge in [0.2, 0.25) is 16.0 Å². The Labute approximate surface area is 197 Å². The number of aromatic nitrogens is 4. The van der Waals surface area contributed by atoms with Crippen LogP contribution >= 0.6 is 0 Å². The molecule has 0 amide bonds. The van der Waals surface area contributed by atoms with Gasteiger partial charge in [0, 0.05) is 30.3 Å². The molecule has 2 aromatic heterocycles. The number of nitrogens with one attached hydrogen (secondary N) is 3. The smallest absolute Gasteiger partial charge is 0.240 e. The van der Waals surface area contributed by atoms with Crippen molar-refractivity contribution in [2.45, 2.75) is 18.2 Å². The standard InChI is InChI=1S/C23H24FN7O2S/c1-16-3-6-18(13-21(16)34(32,33)25-2)29-23-28-14-20(24)22(30-23)27-10-9-17-4-7-19(8-5-17)31-12-11-26-15-31/h3-8,11-15,25H,9-10H2,1-2H3,(H2,27,28,29,30). The first-order chi connectivity index (χ1) is 16.4. The Bertz CT molecular complexity index is 1380. The van der Waals surface area contributed by atoms with E-state index in [-0.39, 0.29) is 16.7 Å². The van der Waals surface area contributed by atoms with E-state index in [2.05, 4.69) is 30.3 Å². The second-order valence-corrected chi connectivity index (χ2v) is 9.37. The summed E-state index contributed by atoms with van der Waals surface area (Å²) in [5.74, 6) is -0.378. The molecule has 0 fully saturated rings. The third-order valence-electron chi connectivity index (χ3n) is 5.19. The van der Waals surface area contributed by atoms with E-state index < -0.39 is 15.8 Å². The zero-order chi connectivity index (χ0) is 24.1. The van der Waals surface area contributed by atoms with Crippen molar-refractivity contribution in [2.75, 3.05) is 24.2 Å². The number of hydrogen-bond acceptors (Lipinski definition) is 7. The van der Waals surface area contributed by atoms with E-state index in [4.69, 9.17) is 0 Å². The fourth-order valence-electron chi connectivity index (χ4n) is 3.33. The highest BCUT2D eigenvalue weighted by Gasteiger charge is 2.16. The van der Waals surface area contributed by atoms with Crippen molar-refractivity contribution in [1.29, 1.82) is 0 Å². The van der Waals surface area contributed by atoms with E-state index in [0.29, 0.717) is 24.2 Å². The third kappa shape index (κ3) is 5.38. The zero-order valence-corrected chi connectivity index (χ0v) is 19.5. The molecule has 2 aromatic carbocycles. The van der Waals surface area contributed by atoms with Gasteiger partial charge in [-0.05, 0) is 55.8 Å². The average Bonchev–Trinajstić information content (AvgIpc) is 3.38. The topological polar surface area (TPSA) is 114 Å². The fraction of sp³-hybridized carbons (Fsp3) is 0.174. The van der Waals surface area contributed by atoms with Crippen molar-refractivity contribution >= 4 is 27.5 Å². The molecule has 0 spiro atoms. The van der Waals surface area contributed by atoms with Gasteiger partial charge in [-0.25, -0.2) is 27.5 Å². The van der Waals surface area contributed by atoms with Crippen LogP contribution < -0.4 is 15.4 Å². The average molecular weight is 482 g/mol. The quantitative estimate of drug-likeness (QED) is 0.336. The molecule has 3 N–H and O–H groups in total.